The van der Waals surface area contributed by atoms with Crippen LogP contribution in [0.1, 0.15) is 13.8 Å². The van der Waals surface area contributed by atoms with Crippen LogP contribution >= 0.6 is 0 Å². The highest BCUT2D eigenvalue weighted by molar-refractivity contribution is 4.98. The summed E-state index contributed by atoms with van der Waals surface area (Å²) in [6.07, 6.45) is 1.75. The molecule has 2 fully saturated rings. The lowest BCUT2D eigenvalue weighted by atomic mass is 10.1. The SMILES string of the molecule is C#CCOC1O[C@H]([C@H](O)CO)[C@@H]2OC(C)(C)O[C@H]12. The number of rotatable bonds is 4. The molecule has 0 aromatic heterocycles. The minimum atomic E-state index is -1.05. The standard InChI is InChI=1S/C12H18O6/c1-4-5-15-11-10-9(17-12(2,3)18-10)8(16-11)7(14)6-13/h1,7-11,13-14H,5-6H2,2-3H3/t7-,8-,9+,10+,11?/m1/s1. The highest BCUT2D eigenvalue weighted by Crippen LogP contribution is 2.39. The van der Waals surface area contributed by atoms with E-state index in [0.717, 1.165) is 0 Å². The van der Waals surface area contributed by atoms with Gasteiger partial charge in [-0.1, -0.05) is 5.92 Å². The highest BCUT2D eigenvalue weighted by atomic mass is 16.8. The van der Waals surface area contributed by atoms with Gasteiger partial charge in [-0.25, -0.2) is 0 Å². The summed E-state index contributed by atoms with van der Waals surface area (Å²) in [6.45, 7) is 3.21. The summed E-state index contributed by atoms with van der Waals surface area (Å²) in [7, 11) is 0. The molecule has 2 aliphatic heterocycles. The average molecular weight is 258 g/mol. The van der Waals surface area contributed by atoms with Gasteiger partial charge in [-0.2, -0.15) is 0 Å². The summed E-state index contributed by atoms with van der Waals surface area (Å²) in [5.41, 5.74) is 0. The van der Waals surface area contributed by atoms with Crippen molar-refractivity contribution >= 4 is 0 Å². The highest BCUT2D eigenvalue weighted by Gasteiger charge is 2.57. The lowest BCUT2D eigenvalue weighted by molar-refractivity contribution is -0.241. The Morgan fingerprint density at radius 1 is 1.39 bits per heavy atom. The molecule has 6 heteroatoms. The molecule has 2 rings (SSSR count). The fourth-order valence-electron chi connectivity index (χ4n) is 2.27. The van der Waals surface area contributed by atoms with Crippen LogP contribution in [0.25, 0.3) is 0 Å². The van der Waals surface area contributed by atoms with Gasteiger partial charge in [-0.05, 0) is 13.8 Å². The summed E-state index contributed by atoms with van der Waals surface area (Å²) >= 11 is 0. The molecular weight excluding hydrogens is 240 g/mol. The molecule has 1 unspecified atom stereocenters. The number of aliphatic hydroxyl groups excluding tert-OH is 2. The molecule has 0 aromatic carbocycles. The Balaban J connectivity index is 2.10. The number of ether oxygens (including phenoxy) is 4. The van der Waals surface area contributed by atoms with Crippen LogP contribution in [0.4, 0.5) is 0 Å². The van der Waals surface area contributed by atoms with Crippen molar-refractivity contribution in [1.29, 1.82) is 0 Å². The van der Waals surface area contributed by atoms with E-state index in [2.05, 4.69) is 5.92 Å². The fraction of sp³-hybridized carbons (Fsp3) is 0.833. The van der Waals surface area contributed by atoms with Crippen molar-refractivity contribution in [2.24, 2.45) is 0 Å². The lowest BCUT2D eigenvalue weighted by Crippen LogP contribution is -2.40. The topological polar surface area (TPSA) is 77.4 Å². The van der Waals surface area contributed by atoms with Crippen LogP contribution in [-0.4, -0.2) is 59.9 Å². The molecule has 0 aliphatic carbocycles. The molecule has 2 aliphatic rings. The van der Waals surface area contributed by atoms with Crippen molar-refractivity contribution in [3.8, 4) is 12.3 Å². The molecule has 102 valence electrons. The zero-order valence-electron chi connectivity index (χ0n) is 10.4. The van der Waals surface area contributed by atoms with E-state index in [1.54, 1.807) is 13.8 Å². The summed E-state index contributed by atoms with van der Waals surface area (Å²) in [4.78, 5) is 0. The first kappa shape index (κ1) is 13.7. The molecule has 2 heterocycles. The van der Waals surface area contributed by atoms with E-state index in [0.29, 0.717) is 0 Å². The van der Waals surface area contributed by atoms with Crippen molar-refractivity contribution in [3.05, 3.63) is 0 Å². The molecule has 2 saturated heterocycles. The van der Waals surface area contributed by atoms with Crippen molar-refractivity contribution in [3.63, 3.8) is 0 Å². The molecule has 0 spiro atoms. The van der Waals surface area contributed by atoms with Gasteiger partial charge in [-0.15, -0.1) is 6.42 Å². The number of terminal acetylenes is 1. The molecule has 0 bridgehead atoms. The first-order chi connectivity index (χ1) is 8.48. The molecule has 0 amide bonds. The van der Waals surface area contributed by atoms with Crippen molar-refractivity contribution in [1.82, 2.24) is 0 Å². The summed E-state index contributed by atoms with van der Waals surface area (Å²) < 4.78 is 22.2. The Bertz CT molecular complexity index is 336. The van der Waals surface area contributed by atoms with E-state index in [9.17, 15) is 5.11 Å². The van der Waals surface area contributed by atoms with Gasteiger partial charge in [0.2, 0.25) is 0 Å². The van der Waals surface area contributed by atoms with Gasteiger partial charge < -0.3 is 29.2 Å². The fourth-order valence-corrected chi connectivity index (χ4v) is 2.27. The quantitative estimate of drug-likeness (QED) is 0.645. The Kier molecular flexibility index (Phi) is 3.92. The van der Waals surface area contributed by atoms with Gasteiger partial charge in [0.25, 0.3) is 0 Å². The van der Waals surface area contributed by atoms with E-state index < -0.39 is 43.1 Å². The van der Waals surface area contributed by atoms with E-state index in [4.69, 9.17) is 30.5 Å². The van der Waals surface area contributed by atoms with Crippen LogP contribution in [0.5, 0.6) is 0 Å². The Morgan fingerprint density at radius 3 is 2.67 bits per heavy atom. The number of hydrogen-bond acceptors (Lipinski definition) is 6. The smallest absolute Gasteiger partial charge is 0.188 e. The lowest BCUT2D eigenvalue weighted by Gasteiger charge is -2.25. The predicted molar refractivity (Wildman–Crippen MR) is 60.4 cm³/mol. The maximum atomic E-state index is 9.71. The minimum absolute atomic E-state index is 0.0830. The molecule has 6 nitrogen and oxygen atoms in total. The van der Waals surface area contributed by atoms with Gasteiger partial charge in [0.1, 0.15) is 31.0 Å². The van der Waals surface area contributed by atoms with E-state index in [1.165, 1.54) is 0 Å². The van der Waals surface area contributed by atoms with Crippen LogP contribution in [0, 0.1) is 12.3 Å². The summed E-state index contributed by atoms with van der Waals surface area (Å²) in [5, 5.41) is 18.7. The average Bonchev–Trinajstić information content (AvgIpc) is 2.79. The van der Waals surface area contributed by atoms with Gasteiger partial charge in [0.15, 0.2) is 12.1 Å². The van der Waals surface area contributed by atoms with Crippen LogP contribution in [0.2, 0.25) is 0 Å². The van der Waals surface area contributed by atoms with E-state index in [-0.39, 0.29) is 6.61 Å². The number of hydrogen-bond donors (Lipinski definition) is 2. The third kappa shape index (κ3) is 2.52. The molecule has 5 atom stereocenters. The van der Waals surface area contributed by atoms with Gasteiger partial charge in [-0.3, -0.25) is 0 Å². The molecule has 18 heavy (non-hydrogen) atoms. The summed E-state index contributed by atoms with van der Waals surface area (Å²) in [5.74, 6) is 1.57. The largest absolute Gasteiger partial charge is 0.394 e. The van der Waals surface area contributed by atoms with Gasteiger partial charge >= 0.3 is 0 Å². The number of aliphatic hydroxyl groups is 2. The Labute approximate surface area is 106 Å². The minimum Gasteiger partial charge on any atom is -0.394 e. The van der Waals surface area contributed by atoms with E-state index >= 15 is 0 Å². The maximum absolute atomic E-state index is 9.71. The molecule has 2 N–H and O–H groups in total. The van der Waals surface area contributed by atoms with Crippen LogP contribution in [0.15, 0.2) is 0 Å². The van der Waals surface area contributed by atoms with Crippen LogP contribution in [0.3, 0.4) is 0 Å². The van der Waals surface area contributed by atoms with Gasteiger partial charge in [0, 0.05) is 0 Å². The zero-order valence-corrected chi connectivity index (χ0v) is 10.4. The first-order valence-corrected chi connectivity index (χ1v) is 5.83. The Morgan fingerprint density at radius 2 is 2.06 bits per heavy atom. The van der Waals surface area contributed by atoms with Crippen molar-refractivity contribution in [2.45, 2.75) is 50.3 Å². The summed E-state index contributed by atoms with van der Waals surface area (Å²) in [6, 6.07) is 0. The van der Waals surface area contributed by atoms with Crippen LogP contribution in [-0.2, 0) is 18.9 Å². The second-order valence-electron chi connectivity index (χ2n) is 4.80. The molecule has 0 saturated carbocycles. The molecule has 0 aromatic rings. The normalized spacial score (nSPS) is 39.3. The zero-order chi connectivity index (χ0) is 13.3. The maximum Gasteiger partial charge on any atom is 0.188 e. The van der Waals surface area contributed by atoms with Crippen molar-refractivity contribution in [2.75, 3.05) is 13.2 Å². The van der Waals surface area contributed by atoms with Gasteiger partial charge in [0.05, 0.1) is 6.61 Å². The molecule has 0 radical (unpaired) electrons. The van der Waals surface area contributed by atoms with E-state index in [1.807, 2.05) is 0 Å². The number of fused-ring (bicyclic) bond motifs is 1. The van der Waals surface area contributed by atoms with Crippen LogP contribution < -0.4 is 0 Å². The second kappa shape index (κ2) is 5.13. The molecular formula is C12H18O6. The van der Waals surface area contributed by atoms with Crippen molar-refractivity contribution < 1.29 is 29.2 Å². The monoisotopic (exact) mass is 258 g/mol. The first-order valence-electron chi connectivity index (χ1n) is 5.83. The Hall–Kier alpha value is -0.680. The third-order valence-electron chi connectivity index (χ3n) is 2.94. The predicted octanol–water partition coefficient (Wildman–Crippen LogP) is -0.766. The second-order valence-corrected chi connectivity index (χ2v) is 4.80. The third-order valence-corrected chi connectivity index (χ3v) is 2.94.